The molecular formula is C18H23N3O2. The van der Waals surface area contributed by atoms with Gasteiger partial charge in [-0.2, -0.15) is 0 Å². The van der Waals surface area contributed by atoms with Crippen LogP contribution >= 0.6 is 0 Å². The summed E-state index contributed by atoms with van der Waals surface area (Å²) in [4.78, 5) is 31.1. The van der Waals surface area contributed by atoms with Gasteiger partial charge in [-0.25, -0.2) is 0 Å². The van der Waals surface area contributed by atoms with Crippen LogP contribution in [0.4, 0.5) is 5.69 Å². The molecule has 0 N–H and O–H groups in total. The molecule has 0 spiro atoms. The van der Waals surface area contributed by atoms with E-state index in [0.717, 1.165) is 63.2 Å². The van der Waals surface area contributed by atoms with Crippen LogP contribution in [-0.4, -0.2) is 61.4 Å². The van der Waals surface area contributed by atoms with Crippen LogP contribution in [0.3, 0.4) is 0 Å². The van der Waals surface area contributed by atoms with Crippen molar-refractivity contribution in [2.75, 3.05) is 44.7 Å². The van der Waals surface area contributed by atoms with E-state index in [0.29, 0.717) is 6.42 Å². The standard InChI is InChI=1S/C18H23N3O2/c1-19-7-9-20(10-8-19)18(23)15-11-13-3-2-6-21-16(22)5-4-14(12-15)17(13)21/h11-12H,2-10H2,1H3. The Bertz CT molecular complexity index is 645. The molecule has 4 rings (SSSR count). The molecule has 1 fully saturated rings. The van der Waals surface area contributed by atoms with Crippen LogP contribution in [0, 0.1) is 0 Å². The molecule has 0 bridgehead atoms. The van der Waals surface area contributed by atoms with E-state index in [9.17, 15) is 9.59 Å². The molecule has 0 aliphatic carbocycles. The van der Waals surface area contributed by atoms with E-state index in [4.69, 9.17) is 0 Å². The number of amides is 2. The number of rotatable bonds is 1. The Morgan fingerprint density at radius 1 is 0.957 bits per heavy atom. The molecule has 3 aliphatic rings. The molecule has 3 heterocycles. The molecular weight excluding hydrogens is 290 g/mol. The topological polar surface area (TPSA) is 43.9 Å². The number of carbonyl (C=O) groups excluding carboxylic acids is 2. The lowest BCUT2D eigenvalue weighted by atomic mass is 9.89. The van der Waals surface area contributed by atoms with Crippen LogP contribution in [0.25, 0.3) is 0 Å². The number of piperazine rings is 1. The number of hydrogen-bond donors (Lipinski definition) is 0. The SMILES string of the molecule is CN1CCN(C(=O)c2cc3c4c(c2)CCC(=O)N4CCC3)CC1. The Hall–Kier alpha value is -1.88. The predicted octanol–water partition coefficient (Wildman–Crippen LogP) is 1.30. The van der Waals surface area contributed by atoms with Gasteiger partial charge in [-0.1, -0.05) is 0 Å². The third-order valence-corrected chi connectivity index (χ3v) is 5.31. The van der Waals surface area contributed by atoms with Crippen LogP contribution in [-0.2, 0) is 17.6 Å². The summed E-state index contributed by atoms with van der Waals surface area (Å²) >= 11 is 0. The van der Waals surface area contributed by atoms with Crippen molar-refractivity contribution in [1.82, 2.24) is 9.80 Å². The summed E-state index contributed by atoms with van der Waals surface area (Å²) in [5.74, 6) is 0.378. The van der Waals surface area contributed by atoms with Gasteiger partial charge in [0.1, 0.15) is 0 Å². The van der Waals surface area contributed by atoms with Gasteiger partial charge in [-0.3, -0.25) is 9.59 Å². The van der Waals surface area contributed by atoms with E-state index in [-0.39, 0.29) is 11.8 Å². The van der Waals surface area contributed by atoms with Crippen molar-refractivity contribution in [3.05, 3.63) is 28.8 Å². The Morgan fingerprint density at radius 3 is 2.39 bits per heavy atom. The highest BCUT2D eigenvalue weighted by Gasteiger charge is 2.31. The number of carbonyl (C=O) groups is 2. The minimum atomic E-state index is 0.145. The minimum Gasteiger partial charge on any atom is -0.336 e. The second-order valence-corrected chi connectivity index (χ2v) is 6.89. The number of hydrogen-bond acceptors (Lipinski definition) is 3. The largest absolute Gasteiger partial charge is 0.336 e. The predicted molar refractivity (Wildman–Crippen MR) is 88.8 cm³/mol. The normalized spacial score (nSPS) is 21.3. The third kappa shape index (κ3) is 2.53. The van der Waals surface area contributed by atoms with Gasteiger partial charge in [0.15, 0.2) is 0 Å². The second kappa shape index (κ2) is 5.64. The molecule has 0 radical (unpaired) electrons. The summed E-state index contributed by atoms with van der Waals surface area (Å²) in [5.41, 5.74) is 4.26. The molecule has 1 aromatic carbocycles. The van der Waals surface area contributed by atoms with Crippen molar-refractivity contribution in [3.63, 3.8) is 0 Å². The quantitative estimate of drug-likeness (QED) is 0.785. The second-order valence-electron chi connectivity index (χ2n) is 6.89. The van der Waals surface area contributed by atoms with Gasteiger partial charge in [0, 0.05) is 44.7 Å². The lowest BCUT2D eigenvalue weighted by Gasteiger charge is -2.36. The maximum atomic E-state index is 12.9. The molecule has 2 amide bonds. The van der Waals surface area contributed by atoms with Crippen LogP contribution in [0.2, 0.25) is 0 Å². The highest BCUT2D eigenvalue weighted by molar-refractivity contribution is 6.00. The molecule has 0 aromatic heterocycles. The molecule has 5 heteroatoms. The number of benzene rings is 1. The van der Waals surface area contributed by atoms with Crippen molar-refractivity contribution in [1.29, 1.82) is 0 Å². The summed E-state index contributed by atoms with van der Waals surface area (Å²) in [6.45, 7) is 4.29. The summed E-state index contributed by atoms with van der Waals surface area (Å²) in [7, 11) is 2.09. The van der Waals surface area contributed by atoms with E-state index >= 15 is 0 Å². The van der Waals surface area contributed by atoms with Crippen molar-refractivity contribution in [2.24, 2.45) is 0 Å². The first-order valence-corrected chi connectivity index (χ1v) is 8.57. The van der Waals surface area contributed by atoms with Crippen LogP contribution < -0.4 is 4.90 Å². The highest BCUT2D eigenvalue weighted by atomic mass is 16.2. The van der Waals surface area contributed by atoms with Gasteiger partial charge >= 0.3 is 0 Å². The Balaban J connectivity index is 1.66. The van der Waals surface area contributed by atoms with Crippen molar-refractivity contribution in [3.8, 4) is 0 Å². The molecule has 0 saturated carbocycles. The summed E-state index contributed by atoms with van der Waals surface area (Å²) in [6.07, 6.45) is 3.29. The van der Waals surface area contributed by atoms with E-state index < -0.39 is 0 Å². The molecule has 1 saturated heterocycles. The monoisotopic (exact) mass is 313 g/mol. The van der Waals surface area contributed by atoms with Gasteiger partial charge in [0.2, 0.25) is 5.91 Å². The molecule has 23 heavy (non-hydrogen) atoms. The molecule has 0 unspecified atom stereocenters. The molecule has 0 atom stereocenters. The summed E-state index contributed by atoms with van der Waals surface area (Å²) in [6, 6.07) is 4.06. The smallest absolute Gasteiger partial charge is 0.253 e. The van der Waals surface area contributed by atoms with Crippen molar-refractivity contribution in [2.45, 2.75) is 25.7 Å². The maximum Gasteiger partial charge on any atom is 0.253 e. The van der Waals surface area contributed by atoms with Crippen LogP contribution in [0.15, 0.2) is 12.1 Å². The summed E-state index contributed by atoms with van der Waals surface area (Å²) in [5, 5.41) is 0. The Kier molecular flexibility index (Phi) is 3.60. The lowest BCUT2D eigenvalue weighted by molar-refractivity contribution is -0.119. The average Bonchev–Trinajstić information content (AvgIpc) is 2.58. The van der Waals surface area contributed by atoms with Crippen LogP contribution in [0.5, 0.6) is 0 Å². The molecule has 122 valence electrons. The fourth-order valence-corrected chi connectivity index (χ4v) is 3.97. The van der Waals surface area contributed by atoms with Gasteiger partial charge in [0.05, 0.1) is 5.69 Å². The van der Waals surface area contributed by atoms with Crippen molar-refractivity contribution >= 4 is 17.5 Å². The lowest BCUT2D eigenvalue weighted by Crippen LogP contribution is -2.47. The van der Waals surface area contributed by atoms with E-state index in [1.165, 1.54) is 11.1 Å². The Labute approximate surface area is 136 Å². The van der Waals surface area contributed by atoms with Gasteiger partial charge in [-0.15, -0.1) is 0 Å². The number of aryl methyl sites for hydroxylation is 2. The van der Waals surface area contributed by atoms with Gasteiger partial charge in [-0.05, 0) is 49.6 Å². The highest BCUT2D eigenvalue weighted by Crippen LogP contribution is 2.36. The van der Waals surface area contributed by atoms with E-state index in [1.807, 2.05) is 21.9 Å². The van der Waals surface area contributed by atoms with Gasteiger partial charge in [0.25, 0.3) is 5.91 Å². The molecule has 1 aromatic rings. The number of anilines is 1. The Morgan fingerprint density at radius 2 is 1.65 bits per heavy atom. The minimum absolute atomic E-state index is 0.145. The molecule has 5 nitrogen and oxygen atoms in total. The third-order valence-electron chi connectivity index (χ3n) is 5.31. The van der Waals surface area contributed by atoms with Gasteiger partial charge < -0.3 is 14.7 Å². The van der Waals surface area contributed by atoms with Crippen molar-refractivity contribution < 1.29 is 9.59 Å². The first kappa shape index (κ1) is 14.7. The van der Waals surface area contributed by atoms with E-state index in [2.05, 4.69) is 11.9 Å². The zero-order valence-electron chi connectivity index (χ0n) is 13.7. The van der Waals surface area contributed by atoms with Crippen LogP contribution in [0.1, 0.15) is 34.3 Å². The number of nitrogens with zero attached hydrogens (tertiary/aromatic N) is 3. The summed E-state index contributed by atoms with van der Waals surface area (Å²) < 4.78 is 0. The zero-order valence-corrected chi connectivity index (χ0v) is 13.7. The first-order valence-electron chi connectivity index (χ1n) is 8.57. The first-order chi connectivity index (χ1) is 11.1. The number of likely N-dealkylation sites (N-methyl/N-ethyl adjacent to an activating group) is 1. The molecule has 3 aliphatic heterocycles. The van der Waals surface area contributed by atoms with E-state index in [1.54, 1.807) is 0 Å². The fraction of sp³-hybridized carbons (Fsp3) is 0.556. The average molecular weight is 313 g/mol. The fourth-order valence-electron chi connectivity index (χ4n) is 3.97. The zero-order chi connectivity index (χ0) is 16.0. The maximum absolute atomic E-state index is 12.9.